The number of rotatable bonds is 16. The van der Waals surface area contributed by atoms with E-state index in [1.54, 1.807) is 24.3 Å². The van der Waals surface area contributed by atoms with E-state index in [0.29, 0.717) is 17.9 Å². The van der Waals surface area contributed by atoms with Gasteiger partial charge in [0.25, 0.3) is 0 Å². The van der Waals surface area contributed by atoms with E-state index in [0.717, 1.165) is 62.5 Å². The van der Waals surface area contributed by atoms with Crippen molar-refractivity contribution in [2.24, 2.45) is 0 Å². The maximum absolute atomic E-state index is 12.0. The van der Waals surface area contributed by atoms with Crippen molar-refractivity contribution in [3.63, 3.8) is 0 Å². The van der Waals surface area contributed by atoms with Crippen LogP contribution in [0.15, 0.2) is 48.5 Å². The van der Waals surface area contributed by atoms with Gasteiger partial charge in [-0.25, -0.2) is 9.59 Å². The van der Waals surface area contributed by atoms with Gasteiger partial charge in [0, 0.05) is 0 Å². The molecule has 0 aromatic heterocycles. The predicted molar refractivity (Wildman–Crippen MR) is 149 cm³/mol. The van der Waals surface area contributed by atoms with E-state index in [1.165, 1.54) is 0 Å². The number of carbonyl (C=O) groups excluding carboxylic acids is 2. The molecular weight excluding hydrogens is 500 g/mol. The van der Waals surface area contributed by atoms with Crippen molar-refractivity contribution in [2.75, 3.05) is 0 Å². The van der Waals surface area contributed by atoms with Crippen molar-refractivity contribution >= 4 is 12.3 Å². The zero-order valence-electron chi connectivity index (χ0n) is 24.2. The Morgan fingerprint density at radius 3 is 1.28 bits per heavy atom. The van der Waals surface area contributed by atoms with Gasteiger partial charge in [-0.1, -0.05) is 76.6 Å². The summed E-state index contributed by atoms with van der Waals surface area (Å²) in [6.45, 7) is 11.8. The van der Waals surface area contributed by atoms with Crippen LogP contribution in [-0.4, -0.2) is 23.5 Å². The average molecular weight is 545 g/mol. The lowest BCUT2D eigenvalue weighted by Gasteiger charge is -2.22. The SMILES string of the molecule is CCCCCC(C)(C)OOC(=O)Oc1ccc(Cc2ccc(OC(=O)OOC(C)(C)CCCCC)cc2)cc1. The smallest absolute Gasteiger partial charge is 0.393 e. The summed E-state index contributed by atoms with van der Waals surface area (Å²) in [7, 11) is 0. The Kier molecular flexibility index (Phi) is 13.3. The van der Waals surface area contributed by atoms with Crippen molar-refractivity contribution < 1.29 is 38.6 Å². The van der Waals surface area contributed by atoms with Crippen LogP contribution in [0.5, 0.6) is 11.5 Å². The number of hydrogen-bond acceptors (Lipinski definition) is 8. The Morgan fingerprint density at radius 2 is 0.949 bits per heavy atom. The maximum Gasteiger partial charge on any atom is 0.546 e. The summed E-state index contributed by atoms with van der Waals surface area (Å²) in [5.41, 5.74) is 0.876. The van der Waals surface area contributed by atoms with E-state index < -0.39 is 23.5 Å². The van der Waals surface area contributed by atoms with Gasteiger partial charge in [0.15, 0.2) is 0 Å². The minimum Gasteiger partial charge on any atom is -0.393 e. The topological polar surface area (TPSA) is 89.5 Å². The van der Waals surface area contributed by atoms with Crippen molar-refractivity contribution in [1.82, 2.24) is 0 Å². The molecule has 0 radical (unpaired) electrons. The highest BCUT2D eigenvalue weighted by Crippen LogP contribution is 2.22. The van der Waals surface area contributed by atoms with Crippen molar-refractivity contribution in [3.8, 4) is 11.5 Å². The van der Waals surface area contributed by atoms with Crippen LogP contribution in [-0.2, 0) is 26.0 Å². The molecule has 0 saturated carbocycles. The van der Waals surface area contributed by atoms with Crippen LogP contribution >= 0.6 is 0 Å². The first kappa shape index (κ1) is 32.1. The van der Waals surface area contributed by atoms with Crippen LogP contribution in [0, 0.1) is 0 Å². The van der Waals surface area contributed by atoms with Crippen molar-refractivity contribution in [1.29, 1.82) is 0 Å². The molecule has 0 saturated heterocycles. The molecule has 0 aliphatic carbocycles. The third kappa shape index (κ3) is 13.5. The summed E-state index contributed by atoms with van der Waals surface area (Å²) >= 11 is 0. The van der Waals surface area contributed by atoms with E-state index in [1.807, 2.05) is 52.0 Å². The van der Waals surface area contributed by atoms with Crippen LogP contribution in [0.2, 0.25) is 0 Å². The van der Waals surface area contributed by atoms with Gasteiger partial charge in [-0.15, -0.1) is 0 Å². The number of unbranched alkanes of at least 4 members (excludes halogenated alkanes) is 4. The number of ether oxygens (including phenoxy) is 2. The van der Waals surface area contributed by atoms with Gasteiger partial charge >= 0.3 is 12.3 Å². The first-order valence-electron chi connectivity index (χ1n) is 13.8. The molecule has 0 amide bonds. The van der Waals surface area contributed by atoms with Crippen LogP contribution in [0.4, 0.5) is 9.59 Å². The third-order valence-electron chi connectivity index (χ3n) is 6.09. The van der Waals surface area contributed by atoms with Gasteiger partial charge in [-0.2, -0.15) is 9.78 Å². The molecule has 0 bridgehead atoms. The summed E-state index contributed by atoms with van der Waals surface area (Å²) in [6, 6.07) is 14.2. The van der Waals surface area contributed by atoms with E-state index in [9.17, 15) is 9.59 Å². The predicted octanol–water partition coefficient (Wildman–Crippen LogP) is 8.89. The Labute approximate surface area is 232 Å². The van der Waals surface area contributed by atoms with E-state index >= 15 is 0 Å². The first-order valence-corrected chi connectivity index (χ1v) is 13.8. The Balaban J connectivity index is 1.76. The minimum atomic E-state index is -0.911. The highest BCUT2D eigenvalue weighted by molar-refractivity contribution is 5.63. The monoisotopic (exact) mass is 544 g/mol. The number of benzene rings is 2. The number of carbonyl (C=O) groups is 2. The lowest BCUT2D eigenvalue weighted by molar-refractivity contribution is -0.314. The van der Waals surface area contributed by atoms with Crippen LogP contribution in [0.3, 0.4) is 0 Å². The van der Waals surface area contributed by atoms with E-state index in [2.05, 4.69) is 13.8 Å². The van der Waals surface area contributed by atoms with Crippen LogP contribution < -0.4 is 9.47 Å². The lowest BCUT2D eigenvalue weighted by atomic mass is 10.0. The molecule has 2 rings (SSSR count). The largest absolute Gasteiger partial charge is 0.546 e. The zero-order chi connectivity index (χ0) is 28.7. The van der Waals surface area contributed by atoms with E-state index in [-0.39, 0.29) is 0 Å². The molecule has 0 heterocycles. The minimum absolute atomic E-state index is 0.356. The summed E-state index contributed by atoms with van der Waals surface area (Å²) < 4.78 is 10.4. The molecule has 0 atom stereocenters. The number of hydrogen-bond donors (Lipinski definition) is 0. The highest BCUT2D eigenvalue weighted by atomic mass is 17.2. The molecule has 2 aromatic rings. The quantitative estimate of drug-likeness (QED) is 0.0680. The molecule has 216 valence electrons. The summed E-state index contributed by atoms with van der Waals surface area (Å²) in [6.07, 6.45) is 6.80. The van der Waals surface area contributed by atoms with Crippen LogP contribution in [0.1, 0.15) is 104 Å². The van der Waals surface area contributed by atoms with Gasteiger partial charge in [0.2, 0.25) is 0 Å². The molecule has 0 aliphatic heterocycles. The molecule has 8 nitrogen and oxygen atoms in total. The van der Waals surface area contributed by atoms with Gasteiger partial charge in [-0.3, -0.25) is 9.78 Å². The zero-order valence-corrected chi connectivity index (χ0v) is 24.2. The molecule has 0 spiro atoms. The second-order valence-corrected chi connectivity index (χ2v) is 10.9. The van der Waals surface area contributed by atoms with Gasteiger partial charge in [0.1, 0.15) is 22.7 Å². The Hall–Kier alpha value is -3.10. The molecule has 0 aliphatic rings. The highest BCUT2D eigenvalue weighted by Gasteiger charge is 2.23. The Bertz CT molecular complexity index is 915. The second-order valence-electron chi connectivity index (χ2n) is 10.9. The summed E-state index contributed by atoms with van der Waals surface area (Å²) in [4.78, 5) is 44.2. The standard InChI is InChI=1S/C31H44O8/c1-7-9-11-21-30(3,4)38-36-28(32)34-26-17-13-24(14-18-26)23-25-15-19-27(20-16-25)35-29(33)37-39-31(5,6)22-12-10-8-2/h13-20H,7-12,21-23H2,1-6H3. The second kappa shape index (κ2) is 16.1. The molecule has 39 heavy (non-hydrogen) atoms. The van der Waals surface area contributed by atoms with Gasteiger partial charge in [0.05, 0.1) is 0 Å². The van der Waals surface area contributed by atoms with Crippen molar-refractivity contribution in [2.45, 2.75) is 111 Å². The van der Waals surface area contributed by atoms with Crippen molar-refractivity contribution in [3.05, 3.63) is 59.7 Å². The first-order chi connectivity index (χ1) is 18.5. The third-order valence-corrected chi connectivity index (χ3v) is 6.09. The fourth-order valence-electron chi connectivity index (χ4n) is 3.79. The summed E-state index contributed by atoms with van der Waals surface area (Å²) in [5, 5.41) is 0. The molecule has 2 aromatic carbocycles. The van der Waals surface area contributed by atoms with E-state index in [4.69, 9.17) is 29.0 Å². The Morgan fingerprint density at radius 1 is 0.590 bits per heavy atom. The summed E-state index contributed by atoms with van der Waals surface area (Å²) in [5.74, 6) is 0.711. The van der Waals surface area contributed by atoms with Gasteiger partial charge < -0.3 is 9.47 Å². The average Bonchev–Trinajstić information content (AvgIpc) is 2.89. The lowest BCUT2D eigenvalue weighted by Crippen LogP contribution is -2.27. The maximum atomic E-state index is 12.0. The molecule has 8 heteroatoms. The molecule has 0 fully saturated rings. The fourth-order valence-corrected chi connectivity index (χ4v) is 3.79. The normalized spacial score (nSPS) is 11.6. The van der Waals surface area contributed by atoms with Gasteiger partial charge in [-0.05, 0) is 82.3 Å². The molecular formula is C31H44O8. The molecule has 0 N–H and O–H groups in total. The molecule has 0 unspecified atom stereocenters. The van der Waals surface area contributed by atoms with Crippen LogP contribution in [0.25, 0.3) is 0 Å². The fraction of sp³-hybridized carbons (Fsp3) is 0.548.